The number of anilines is 1. The van der Waals surface area contributed by atoms with Crippen LogP contribution in [0.2, 0.25) is 0 Å². The van der Waals surface area contributed by atoms with Crippen LogP contribution in [0.4, 0.5) is 10.2 Å². The predicted molar refractivity (Wildman–Crippen MR) is 180 cm³/mol. The van der Waals surface area contributed by atoms with Crippen molar-refractivity contribution in [3.8, 4) is 6.01 Å². The van der Waals surface area contributed by atoms with E-state index < -0.39 is 12.1 Å². The molecule has 4 aliphatic heterocycles. The van der Waals surface area contributed by atoms with Gasteiger partial charge in [0.1, 0.15) is 35.0 Å². The summed E-state index contributed by atoms with van der Waals surface area (Å²) in [7, 11) is 5.47. The van der Waals surface area contributed by atoms with Crippen molar-refractivity contribution in [3.05, 3.63) is 57.4 Å². The maximum absolute atomic E-state index is 14.6. The van der Waals surface area contributed by atoms with Gasteiger partial charge < -0.3 is 19.9 Å². The molecule has 1 aromatic heterocycles. The Morgan fingerprint density at radius 2 is 2.00 bits per heavy atom. The molecule has 5 heterocycles. The SMILES string of the molecule is CN(C)C(=O)C(=N)/C(Cl)=C1/CN(c2nc(OC[C@@]34CCCN3CC(F)C4)nc3c2CN(C)[C@@]2(CCCc4ccccc42)C3)CCC[NH2+]1. The number of likely N-dealkylation sites (N-methyl/N-ethyl adjacent to an activating group) is 1. The van der Waals surface area contributed by atoms with Gasteiger partial charge in [-0.1, -0.05) is 35.9 Å². The molecule has 0 bridgehead atoms. The molecular formula is C35H47ClFN8O2+. The normalized spacial score (nSPS) is 28.8. The van der Waals surface area contributed by atoms with Gasteiger partial charge in [0, 0.05) is 58.6 Å². The highest BCUT2D eigenvalue weighted by Crippen LogP contribution is 2.47. The first kappa shape index (κ1) is 32.4. The highest BCUT2D eigenvalue weighted by Gasteiger charge is 2.50. The van der Waals surface area contributed by atoms with E-state index in [-0.39, 0.29) is 21.8 Å². The summed E-state index contributed by atoms with van der Waals surface area (Å²) >= 11 is 6.75. The number of nitrogens with zero attached hydrogens (tertiary/aromatic N) is 6. The van der Waals surface area contributed by atoms with Gasteiger partial charge in [0.2, 0.25) is 0 Å². The van der Waals surface area contributed by atoms with Gasteiger partial charge in [0.05, 0.1) is 29.9 Å². The summed E-state index contributed by atoms with van der Waals surface area (Å²) in [5, 5.41) is 10.7. The zero-order valence-electron chi connectivity index (χ0n) is 27.8. The van der Waals surface area contributed by atoms with Crippen molar-refractivity contribution >= 4 is 29.0 Å². The summed E-state index contributed by atoms with van der Waals surface area (Å²) in [6.07, 6.45) is 6.50. The minimum absolute atomic E-state index is 0.166. The van der Waals surface area contributed by atoms with E-state index >= 15 is 0 Å². The van der Waals surface area contributed by atoms with Crippen molar-refractivity contribution < 1.29 is 19.2 Å². The van der Waals surface area contributed by atoms with Crippen LogP contribution >= 0.6 is 11.6 Å². The van der Waals surface area contributed by atoms with Crippen LogP contribution in [0.1, 0.15) is 60.9 Å². The highest BCUT2D eigenvalue weighted by atomic mass is 35.5. The molecule has 3 saturated heterocycles. The lowest BCUT2D eigenvalue weighted by Crippen LogP contribution is -2.83. The molecule has 3 atom stereocenters. The van der Waals surface area contributed by atoms with Gasteiger partial charge in [-0.15, -0.1) is 0 Å². The van der Waals surface area contributed by atoms with Gasteiger partial charge in [0.15, 0.2) is 0 Å². The van der Waals surface area contributed by atoms with Crippen LogP contribution in [-0.4, -0.2) is 108 Å². The zero-order chi connectivity index (χ0) is 32.9. The number of aryl methyl sites for hydroxylation is 1. The lowest BCUT2D eigenvalue weighted by atomic mass is 9.71. The Hall–Kier alpha value is -3.12. The van der Waals surface area contributed by atoms with Crippen molar-refractivity contribution in [3.63, 3.8) is 0 Å². The van der Waals surface area contributed by atoms with Crippen LogP contribution < -0.4 is 15.0 Å². The zero-order valence-corrected chi connectivity index (χ0v) is 28.6. The van der Waals surface area contributed by atoms with E-state index in [1.807, 2.05) is 5.32 Å². The van der Waals surface area contributed by atoms with E-state index in [1.165, 1.54) is 16.0 Å². The smallest absolute Gasteiger partial charge is 0.318 e. The number of carbonyl (C=O) groups is 1. The number of fused-ring (bicyclic) bond motifs is 4. The Balaban J connectivity index is 1.27. The molecule has 1 unspecified atom stereocenters. The summed E-state index contributed by atoms with van der Waals surface area (Å²) in [6.45, 7) is 4.37. The minimum atomic E-state index is -0.831. The Morgan fingerprint density at radius 3 is 2.83 bits per heavy atom. The number of amides is 1. The second kappa shape index (κ2) is 12.7. The summed E-state index contributed by atoms with van der Waals surface area (Å²) in [5.41, 5.74) is 4.94. The van der Waals surface area contributed by atoms with Crippen LogP contribution in [0.15, 0.2) is 35.0 Å². The molecule has 3 fully saturated rings. The van der Waals surface area contributed by atoms with Gasteiger partial charge in [0.25, 0.3) is 5.91 Å². The second-order valence-electron chi connectivity index (χ2n) is 14.4. The van der Waals surface area contributed by atoms with Gasteiger partial charge in [-0.2, -0.15) is 9.97 Å². The van der Waals surface area contributed by atoms with E-state index in [2.05, 4.69) is 46.0 Å². The van der Waals surface area contributed by atoms with Gasteiger partial charge in [-0.05, 0) is 56.8 Å². The quantitative estimate of drug-likeness (QED) is 0.458. The molecular weight excluding hydrogens is 619 g/mol. The van der Waals surface area contributed by atoms with Crippen LogP contribution in [0.3, 0.4) is 0 Å². The van der Waals surface area contributed by atoms with Crippen molar-refractivity contribution in [1.29, 1.82) is 5.41 Å². The first-order valence-corrected chi connectivity index (χ1v) is 17.5. The van der Waals surface area contributed by atoms with Crippen LogP contribution in [0, 0.1) is 5.41 Å². The van der Waals surface area contributed by atoms with E-state index in [4.69, 9.17) is 31.7 Å². The number of aromatic nitrogens is 2. The number of nitrogens with two attached hydrogens (primary N) is 1. The van der Waals surface area contributed by atoms with Crippen LogP contribution in [-0.2, 0) is 29.7 Å². The molecule has 47 heavy (non-hydrogen) atoms. The molecule has 1 aromatic carbocycles. The third-order valence-electron chi connectivity index (χ3n) is 11.2. The van der Waals surface area contributed by atoms with Crippen LogP contribution in [0.25, 0.3) is 0 Å². The molecule has 12 heteroatoms. The van der Waals surface area contributed by atoms with E-state index in [0.29, 0.717) is 38.7 Å². The Kier molecular flexibility index (Phi) is 8.78. The molecule has 252 valence electrons. The van der Waals surface area contributed by atoms with Gasteiger partial charge in [-0.3, -0.25) is 20.0 Å². The van der Waals surface area contributed by atoms with E-state index in [9.17, 15) is 9.18 Å². The van der Waals surface area contributed by atoms with Crippen molar-refractivity contribution in [2.75, 3.05) is 65.4 Å². The molecule has 1 amide bonds. The number of alkyl halides is 1. The highest BCUT2D eigenvalue weighted by molar-refractivity contribution is 6.58. The number of quaternary nitrogens is 1. The maximum Gasteiger partial charge on any atom is 0.318 e. The third kappa shape index (κ3) is 5.83. The lowest BCUT2D eigenvalue weighted by Gasteiger charge is -2.49. The fourth-order valence-corrected chi connectivity index (χ4v) is 9.00. The maximum atomic E-state index is 14.6. The molecule has 5 aliphatic rings. The second-order valence-corrected chi connectivity index (χ2v) is 14.8. The standard InChI is InChI=1S/C35H46ClFN8O2/c1-42(2)32(46)30(38)29(36)28-21-44(15-8-14-39-28)31-25-20-43(3)35(13-6-10-23-9-4-5-11-26(23)35)18-27(25)40-33(41-31)47-22-34-12-7-16-45(34)19-24(37)17-34/h4-5,9,11,24,38-39H,6-8,10,12-22H2,1-3H3/p+1/b29-28+,38-30?/t24?,34-,35-/m0/s1. The summed E-state index contributed by atoms with van der Waals surface area (Å²) in [5.74, 6) is 0.387. The molecule has 10 nitrogen and oxygen atoms in total. The fourth-order valence-electron chi connectivity index (χ4n) is 8.78. The molecule has 2 aromatic rings. The Morgan fingerprint density at radius 1 is 1.17 bits per heavy atom. The van der Waals surface area contributed by atoms with E-state index in [1.54, 1.807) is 14.1 Å². The van der Waals surface area contributed by atoms with E-state index in [0.717, 1.165) is 87.4 Å². The van der Waals surface area contributed by atoms with Gasteiger partial charge in [-0.25, -0.2) is 4.39 Å². The molecule has 1 aliphatic carbocycles. The Bertz CT molecular complexity index is 1600. The summed E-state index contributed by atoms with van der Waals surface area (Å²) in [4.78, 5) is 31.2. The predicted octanol–water partition coefficient (Wildman–Crippen LogP) is 2.98. The summed E-state index contributed by atoms with van der Waals surface area (Å²) in [6, 6.07) is 9.16. The largest absolute Gasteiger partial charge is 0.461 e. The number of ether oxygens (including phenoxy) is 1. The number of hydrogen-bond acceptors (Lipinski definition) is 8. The number of rotatable bonds is 6. The molecule has 0 saturated carbocycles. The topological polar surface area (TPSA) is 106 Å². The number of halogens is 2. The first-order chi connectivity index (χ1) is 22.6. The monoisotopic (exact) mass is 665 g/mol. The van der Waals surface area contributed by atoms with Crippen molar-refractivity contribution in [1.82, 2.24) is 24.7 Å². The number of nitrogens with one attached hydrogen (secondary N) is 1. The molecule has 3 N–H and O–H groups in total. The average molecular weight is 666 g/mol. The minimum Gasteiger partial charge on any atom is -0.461 e. The molecule has 7 rings (SSSR count). The van der Waals surface area contributed by atoms with Crippen molar-refractivity contribution in [2.24, 2.45) is 0 Å². The molecule has 1 spiro atoms. The fraction of sp³-hybridized carbons (Fsp3) is 0.600. The van der Waals surface area contributed by atoms with Crippen LogP contribution in [0.5, 0.6) is 6.01 Å². The first-order valence-electron chi connectivity index (χ1n) is 17.1. The number of carbonyl (C=O) groups excluding carboxylic acids is 1. The summed E-state index contributed by atoms with van der Waals surface area (Å²) < 4.78 is 21.1. The lowest BCUT2D eigenvalue weighted by molar-refractivity contribution is -0.605. The molecule has 0 radical (unpaired) electrons. The van der Waals surface area contributed by atoms with Gasteiger partial charge >= 0.3 is 6.01 Å². The third-order valence-corrected chi connectivity index (χ3v) is 11.7. The number of benzene rings is 1. The van der Waals surface area contributed by atoms with Crippen molar-refractivity contribution in [2.45, 2.75) is 75.2 Å². The number of hydrogen-bond donors (Lipinski definition) is 2. The average Bonchev–Trinajstić information content (AvgIpc) is 3.47. The Labute approximate surface area is 281 Å².